The molecule has 1 fully saturated rings. The maximum Gasteiger partial charge on any atom is 0.338 e. The molecule has 0 spiro atoms. The summed E-state index contributed by atoms with van der Waals surface area (Å²) in [5, 5.41) is 3.09. The molecule has 1 N–H and O–H groups in total. The van der Waals surface area contributed by atoms with Crippen molar-refractivity contribution in [2.24, 2.45) is 0 Å². The Morgan fingerprint density at radius 1 is 0.905 bits per heavy atom. The maximum atomic E-state index is 13.8. The van der Waals surface area contributed by atoms with Gasteiger partial charge in [-0.3, -0.25) is 14.5 Å². The summed E-state index contributed by atoms with van der Waals surface area (Å²) in [7, 11) is 3.09. The molecule has 1 atom stereocenters. The van der Waals surface area contributed by atoms with Gasteiger partial charge in [0.2, 0.25) is 5.91 Å². The molecule has 2 amide bonds. The molecule has 0 aromatic heterocycles. The number of nitrogens with zero attached hydrogens (tertiary/aromatic N) is 2. The predicted octanol–water partition coefficient (Wildman–Crippen LogP) is 4.81. The van der Waals surface area contributed by atoms with Gasteiger partial charge in [0.15, 0.2) is 16.6 Å². The Balaban J connectivity index is 1.60. The summed E-state index contributed by atoms with van der Waals surface area (Å²) < 4.78 is 21.3. The molecular formula is C31H33N3O7S. The molecule has 1 heterocycles. The van der Waals surface area contributed by atoms with Crippen LogP contribution in [0.2, 0.25) is 0 Å². The fourth-order valence-electron chi connectivity index (χ4n) is 4.58. The van der Waals surface area contributed by atoms with Gasteiger partial charge in [0.25, 0.3) is 5.91 Å². The number of methoxy groups -OCH3 is 2. The summed E-state index contributed by atoms with van der Waals surface area (Å²) >= 11 is 5.79. The Kier molecular flexibility index (Phi) is 9.98. The topological polar surface area (TPSA) is 107 Å². The van der Waals surface area contributed by atoms with Gasteiger partial charge in [-0.25, -0.2) is 4.79 Å². The van der Waals surface area contributed by atoms with Gasteiger partial charge in [-0.05, 0) is 92.3 Å². The zero-order valence-corrected chi connectivity index (χ0v) is 24.7. The Hall–Kier alpha value is -4.64. The van der Waals surface area contributed by atoms with Crippen LogP contribution < -0.4 is 24.4 Å². The molecule has 10 nitrogen and oxygen atoms in total. The third-order valence-corrected chi connectivity index (χ3v) is 7.00. The number of anilines is 2. The third-order valence-electron chi connectivity index (χ3n) is 6.58. The Labute approximate surface area is 250 Å². The maximum absolute atomic E-state index is 13.8. The van der Waals surface area contributed by atoms with E-state index in [2.05, 4.69) is 5.32 Å². The summed E-state index contributed by atoms with van der Waals surface area (Å²) in [5.74, 6) is 0.623. The number of esters is 1. The van der Waals surface area contributed by atoms with Crippen LogP contribution in [0, 0.1) is 0 Å². The van der Waals surface area contributed by atoms with Crippen molar-refractivity contribution in [3.8, 4) is 17.2 Å². The van der Waals surface area contributed by atoms with Gasteiger partial charge in [0.1, 0.15) is 11.8 Å². The van der Waals surface area contributed by atoms with E-state index in [0.717, 1.165) is 5.56 Å². The lowest BCUT2D eigenvalue weighted by Crippen LogP contribution is -2.37. The molecule has 11 heteroatoms. The van der Waals surface area contributed by atoms with E-state index in [0.29, 0.717) is 40.8 Å². The third kappa shape index (κ3) is 6.80. The predicted molar refractivity (Wildman–Crippen MR) is 162 cm³/mol. The normalized spacial score (nSPS) is 14.5. The molecule has 1 unspecified atom stereocenters. The number of amides is 2. The van der Waals surface area contributed by atoms with Gasteiger partial charge in [-0.2, -0.15) is 0 Å². The molecule has 4 rings (SSSR count). The molecule has 0 radical (unpaired) electrons. The quantitative estimate of drug-likeness (QED) is 0.235. The number of ether oxygens (including phenoxy) is 4. The van der Waals surface area contributed by atoms with Crippen LogP contribution in [-0.2, 0) is 20.9 Å². The van der Waals surface area contributed by atoms with Crippen LogP contribution in [0.15, 0.2) is 66.7 Å². The Morgan fingerprint density at radius 3 is 2.21 bits per heavy atom. The van der Waals surface area contributed by atoms with Gasteiger partial charge < -0.3 is 29.2 Å². The number of hydrogen-bond donors (Lipinski definition) is 1. The zero-order valence-electron chi connectivity index (χ0n) is 23.9. The molecule has 0 aliphatic carbocycles. The van der Waals surface area contributed by atoms with Crippen molar-refractivity contribution in [2.45, 2.75) is 32.9 Å². The largest absolute Gasteiger partial charge is 0.494 e. The highest BCUT2D eigenvalue weighted by Crippen LogP contribution is 2.32. The first kappa shape index (κ1) is 30.3. The molecule has 0 bridgehead atoms. The van der Waals surface area contributed by atoms with Gasteiger partial charge in [-0.15, -0.1) is 0 Å². The van der Waals surface area contributed by atoms with Crippen molar-refractivity contribution in [3.63, 3.8) is 0 Å². The van der Waals surface area contributed by atoms with Crippen LogP contribution in [-0.4, -0.2) is 61.3 Å². The average Bonchev–Trinajstić information content (AvgIpc) is 3.22. The van der Waals surface area contributed by atoms with Crippen LogP contribution >= 0.6 is 12.2 Å². The van der Waals surface area contributed by atoms with E-state index in [9.17, 15) is 14.4 Å². The van der Waals surface area contributed by atoms with Crippen molar-refractivity contribution < 1.29 is 33.3 Å². The van der Waals surface area contributed by atoms with E-state index in [1.54, 1.807) is 86.7 Å². The van der Waals surface area contributed by atoms with Crippen LogP contribution in [0.4, 0.5) is 11.4 Å². The van der Waals surface area contributed by atoms with E-state index in [4.69, 9.17) is 31.2 Å². The lowest BCUT2D eigenvalue weighted by Gasteiger charge is -2.24. The second-order valence-corrected chi connectivity index (χ2v) is 9.63. The molecule has 3 aromatic rings. The Morgan fingerprint density at radius 2 is 1.60 bits per heavy atom. The lowest BCUT2D eigenvalue weighted by molar-refractivity contribution is -0.124. The minimum Gasteiger partial charge on any atom is -0.494 e. The summed E-state index contributed by atoms with van der Waals surface area (Å²) in [6, 6.07) is 18.0. The molecule has 42 heavy (non-hydrogen) atoms. The smallest absolute Gasteiger partial charge is 0.338 e. The van der Waals surface area contributed by atoms with Crippen molar-refractivity contribution >= 4 is 46.5 Å². The summed E-state index contributed by atoms with van der Waals surface area (Å²) in [6.45, 7) is 4.65. The van der Waals surface area contributed by atoms with Crippen molar-refractivity contribution in [3.05, 3.63) is 77.9 Å². The summed E-state index contributed by atoms with van der Waals surface area (Å²) in [6.07, 6.45) is -0.142. The van der Waals surface area contributed by atoms with Crippen molar-refractivity contribution in [2.75, 3.05) is 37.7 Å². The fourth-order valence-corrected chi connectivity index (χ4v) is 4.96. The van der Waals surface area contributed by atoms with Gasteiger partial charge in [0.05, 0.1) is 45.1 Å². The summed E-state index contributed by atoms with van der Waals surface area (Å²) in [5.41, 5.74) is 2.21. The molecule has 0 saturated carbocycles. The molecule has 1 aliphatic heterocycles. The molecule has 1 saturated heterocycles. The highest BCUT2D eigenvalue weighted by molar-refractivity contribution is 7.80. The number of carbonyl (C=O) groups is 3. The van der Waals surface area contributed by atoms with Crippen LogP contribution in [0.25, 0.3) is 0 Å². The van der Waals surface area contributed by atoms with E-state index in [1.165, 1.54) is 4.90 Å². The SMILES string of the molecule is CCOC(=O)c1ccc(N2C(=O)C(CC(=O)Nc3ccc(OCC)cc3)N(Cc3ccc(OC)c(OC)c3)C2=S)cc1. The van der Waals surface area contributed by atoms with E-state index in [-0.39, 0.29) is 36.5 Å². The standard InChI is InChI=1S/C31H33N3O7S/c1-5-40-24-14-10-22(11-15-24)32-28(35)18-25-29(36)34(23-12-8-21(9-13-23)30(37)41-6-2)31(42)33(25)19-20-7-16-26(38-3)27(17-20)39-4/h7-17,25H,5-6,18-19H2,1-4H3,(H,32,35). The summed E-state index contributed by atoms with van der Waals surface area (Å²) in [4.78, 5) is 42.2. The fraction of sp³-hybridized carbons (Fsp3) is 0.290. The van der Waals surface area contributed by atoms with E-state index >= 15 is 0 Å². The second-order valence-electron chi connectivity index (χ2n) is 9.27. The van der Waals surface area contributed by atoms with Crippen LogP contribution in [0.3, 0.4) is 0 Å². The van der Waals surface area contributed by atoms with E-state index < -0.39 is 12.0 Å². The Bertz CT molecular complexity index is 1440. The molecule has 1 aliphatic rings. The number of thiocarbonyl (C=S) groups is 1. The highest BCUT2D eigenvalue weighted by atomic mass is 32.1. The molecular weight excluding hydrogens is 558 g/mol. The van der Waals surface area contributed by atoms with Gasteiger partial charge in [-0.1, -0.05) is 6.07 Å². The van der Waals surface area contributed by atoms with Crippen LogP contribution in [0.1, 0.15) is 36.2 Å². The zero-order chi connectivity index (χ0) is 30.2. The number of carbonyl (C=O) groups excluding carboxylic acids is 3. The number of nitrogens with one attached hydrogen (secondary N) is 1. The first-order valence-corrected chi connectivity index (χ1v) is 13.9. The van der Waals surface area contributed by atoms with Crippen molar-refractivity contribution in [1.29, 1.82) is 0 Å². The minimum absolute atomic E-state index is 0.142. The van der Waals surface area contributed by atoms with Gasteiger partial charge in [0, 0.05) is 12.2 Å². The number of hydrogen-bond acceptors (Lipinski definition) is 8. The second kappa shape index (κ2) is 13.8. The lowest BCUT2D eigenvalue weighted by atomic mass is 10.1. The number of rotatable bonds is 12. The highest BCUT2D eigenvalue weighted by Gasteiger charge is 2.44. The van der Waals surface area contributed by atoms with Crippen molar-refractivity contribution in [1.82, 2.24) is 4.90 Å². The van der Waals surface area contributed by atoms with Gasteiger partial charge >= 0.3 is 5.97 Å². The minimum atomic E-state index is -0.877. The van der Waals surface area contributed by atoms with Crippen LogP contribution in [0.5, 0.6) is 17.2 Å². The first-order chi connectivity index (χ1) is 20.3. The number of benzene rings is 3. The molecule has 220 valence electrons. The monoisotopic (exact) mass is 591 g/mol. The average molecular weight is 592 g/mol. The van der Waals surface area contributed by atoms with E-state index in [1.807, 2.05) is 13.0 Å². The first-order valence-electron chi connectivity index (χ1n) is 13.4. The molecule has 3 aromatic carbocycles.